The van der Waals surface area contributed by atoms with E-state index in [2.05, 4.69) is 52.5 Å². The largest absolute Gasteiger partial charge is 0.0952 e. The highest BCUT2D eigenvalue weighted by Gasteiger charge is 2.49. The van der Waals surface area contributed by atoms with Gasteiger partial charge in [0.2, 0.25) is 0 Å². The third-order valence-electron chi connectivity index (χ3n) is 6.14. The van der Waals surface area contributed by atoms with Crippen molar-refractivity contribution in [2.24, 2.45) is 17.3 Å². The lowest BCUT2D eigenvalue weighted by atomic mass is 9.66. The summed E-state index contributed by atoms with van der Waals surface area (Å²) in [6.07, 6.45) is 5.25. The molecule has 108 valence electrons. The lowest BCUT2D eigenvalue weighted by Crippen LogP contribution is -2.30. The second-order valence-electron chi connectivity index (χ2n) is 7.68. The molecule has 2 aliphatic rings. The summed E-state index contributed by atoms with van der Waals surface area (Å²) in [6.45, 7) is 14.0. The van der Waals surface area contributed by atoms with Gasteiger partial charge < -0.3 is 0 Å². The second kappa shape index (κ2) is 4.76. The molecule has 0 bridgehead atoms. The van der Waals surface area contributed by atoms with Crippen molar-refractivity contribution in [3.8, 4) is 0 Å². The Kier molecular flexibility index (Phi) is 3.31. The van der Waals surface area contributed by atoms with Gasteiger partial charge in [0.05, 0.1) is 0 Å². The van der Waals surface area contributed by atoms with Crippen molar-refractivity contribution in [3.63, 3.8) is 0 Å². The van der Waals surface area contributed by atoms with Gasteiger partial charge in [-0.1, -0.05) is 51.1 Å². The molecule has 1 saturated carbocycles. The van der Waals surface area contributed by atoms with Crippen molar-refractivity contribution >= 4 is 5.57 Å². The van der Waals surface area contributed by atoms with E-state index in [9.17, 15) is 0 Å². The molecule has 1 aromatic carbocycles. The zero-order valence-corrected chi connectivity index (χ0v) is 13.5. The average molecular weight is 268 g/mol. The minimum atomic E-state index is 0.468. The minimum absolute atomic E-state index is 0.468. The van der Waals surface area contributed by atoms with Gasteiger partial charge in [0.25, 0.3) is 0 Å². The van der Waals surface area contributed by atoms with Crippen LogP contribution in [-0.2, 0) is 0 Å². The molecule has 0 saturated heterocycles. The fourth-order valence-corrected chi connectivity index (χ4v) is 5.08. The monoisotopic (exact) mass is 268 g/mol. The molecule has 1 fully saturated rings. The standard InChI is InChI=1S/C20H28/c1-13(2)18-8-9-19-17-12-14(3)6-7-16(17)15(4)10-11-20(18,19)5/h6-7,12-13,18-19H,4,8-11H2,1-3,5H3/t18-,19-,20+/m1/s1. The first-order chi connectivity index (χ1) is 9.43. The topological polar surface area (TPSA) is 0 Å². The van der Waals surface area contributed by atoms with E-state index < -0.39 is 0 Å². The zero-order chi connectivity index (χ0) is 14.5. The van der Waals surface area contributed by atoms with Gasteiger partial charge in [-0.15, -0.1) is 0 Å². The Morgan fingerprint density at radius 3 is 2.70 bits per heavy atom. The van der Waals surface area contributed by atoms with Gasteiger partial charge in [-0.3, -0.25) is 0 Å². The lowest BCUT2D eigenvalue weighted by Gasteiger charge is -2.38. The van der Waals surface area contributed by atoms with Crippen LogP contribution < -0.4 is 0 Å². The molecular weight excluding hydrogens is 240 g/mol. The smallest absolute Gasteiger partial charge is 0.00989 e. The highest BCUT2D eigenvalue weighted by molar-refractivity contribution is 5.68. The highest BCUT2D eigenvalue weighted by atomic mass is 14.5. The third-order valence-corrected chi connectivity index (χ3v) is 6.14. The molecule has 3 rings (SSSR count). The van der Waals surface area contributed by atoms with E-state index >= 15 is 0 Å². The Hall–Kier alpha value is -1.04. The van der Waals surface area contributed by atoms with Gasteiger partial charge >= 0.3 is 0 Å². The molecule has 1 aromatic rings. The van der Waals surface area contributed by atoms with Crippen LogP contribution in [0.4, 0.5) is 0 Å². The van der Waals surface area contributed by atoms with Crippen LogP contribution in [0.25, 0.3) is 5.57 Å². The third kappa shape index (κ3) is 1.96. The molecule has 0 nitrogen and oxygen atoms in total. The van der Waals surface area contributed by atoms with Gasteiger partial charge in [-0.25, -0.2) is 0 Å². The summed E-state index contributed by atoms with van der Waals surface area (Å²) in [5.74, 6) is 2.40. The number of rotatable bonds is 1. The quantitative estimate of drug-likeness (QED) is 0.589. The average Bonchev–Trinajstić information content (AvgIpc) is 2.69. The Labute approximate surface area is 124 Å². The van der Waals surface area contributed by atoms with Crippen LogP contribution in [-0.4, -0.2) is 0 Å². The van der Waals surface area contributed by atoms with Gasteiger partial charge in [-0.2, -0.15) is 0 Å². The van der Waals surface area contributed by atoms with Crippen LogP contribution in [0.5, 0.6) is 0 Å². The van der Waals surface area contributed by atoms with Crippen LogP contribution >= 0.6 is 0 Å². The second-order valence-corrected chi connectivity index (χ2v) is 7.68. The Morgan fingerprint density at radius 2 is 2.00 bits per heavy atom. The lowest BCUT2D eigenvalue weighted by molar-refractivity contribution is 0.145. The van der Waals surface area contributed by atoms with Crippen molar-refractivity contribution < 1.29 is 0 Å². The summed E-state index contributed by atoms with van der Waals surface area (Å²) in [6, 6.07) is 7.01. The van der Waals surface area contributed by atoms with Gasteiger partial charge in [-0.05, 0) is 72.5 Å². The number of hydrogen-bond donors (Lipinski definition) is 0. The van der Waals surface area contributed by atoms with Crippen molar-refractivity contribution in [2.75, 3.05) is 0 Å². The zero-order valence-electron chi connectivity index (χ0n) is 13.5. The number of benzene rings is 1. The maximum atomic E-state index is 4.37. The van der Waals surface area contributed by atoms with Crippen LogP contribution in [0.3, 0.4) is 0 Å². The summed E-state index contributed by atoms with van der Waals surface area (Å²) in [5, 5.41) is 0. The molecule has 0 aromatic heterocycles. The molecule has 0 spiro atoms. The number of allylic oxidation sites excluding steroid dienone is 1. The summed E-state index contributed by atoms with van der Waals surface area (Å²) < 4.78 is 0. The fourth-order valence-electron chi connectivity index (χ4n) is 5.08. The molecule has 0 radical (unpaired) electrons. The van der Waals surface area contributed by atoms with Crippen LogP contribution in [0.2, 0.25) is 0 Å². The van der Waals surface area contributed by atoms with E-state index in [1.807, 2.05) is 0 Å². The maximum Gasteiger partial charge on any atom is -0.00989 e. The van der Waals surface area contributed by atoms with Crippen LogP contribution in [0, 0.1) is 24.2 Å². The molecule has 0 heterocycles. The molecule has 0 amide bonds. The molecule has 20 heavy (non-hydrogen) atoms. The molecule has 0 unspecified atom stereocenters. The fraction of sp³-hybridized carbons (Fsp3) is 0.600. The first-order valence-corrected chi connectivity index (χ1v) is 8.22. The van der Waals surface area contributed by atoms with Crippen molar-refractivity contribution in [2.45, 2.75) is 59.3 Å². The molecule has 0 N–H and O–H groups in total. The van der Waals surface area contributed by atoms with Crippen LogP contribution in [0.1, 0.15) is 69.1 Å². The molecular formula is C20H28. The SMILES string of the molecule is C=C1CC[C@]2(C)[C@H](CC[C@@H]2C(C)C)c2cc(C)ccc21. The minimum Gasteiger partial charge on any atom is -0.0952 e. The van der Waals surface area contributed by atoms with Gasteiger partial charge in [0.15, 0.2) is 0 Å². The molecule has 3 atom stereocenters. The van der Waals surface area contributed by atoms with Gasteiger partial charge in [0, 0.05) is 0 Å². The van der Waals surface area contributed by atoms with E-state index in [0.29, 0.717) is 5.41 Å². The Balaban J connectivity index is 2.13. The summed E-state index contributed by atoms with van der Waals surface area (Å²) in [5.41, 5.74) is 6.27. The number of aryl methyl sites for hydroxylation is 1. The Morgan fingerprint density at radius 1 is 1.25 bits per heavy atom. The normalized spacial score (nSPS) is 33.0. The van der Waals surface area contributed by atoms with Crippen LogP contribution in [0.15, 0.2) is 24.8 Å². The first-order valence-electron chi connectivity index (χ1n) is 8.22. The predicted octanol–water partition coefficient (Wildman–Crippen LogP) is 5.96. The summed E-state index contributed by atoms with van der Waals surface area (Å²) in [4.78, 5) is 0. The molecule has 0 aliphatic heterocycles. The Bertz CT molecular complexity index is 537. The van der Waals surface area contributed by atoms with E-state index in [4.69, 9.17) is 0 Å². The van der Waals surface area contributed by atoms with Crippen molar-refractivity contribution in [1.82, 2.24) is 0 Å². The molecule has 0 heteroatoms. The predicted molar refractivity (Wildman–Crippen MR) is 87.9 cm³/mol. The number of fused-ring (bicyclic) bond motifs is 3. The van der Waals surface area contributed by atoms with E-state index in [1.54, 1.807) is 5.56 Å². The maximum absolute atomic E-state index is 4.37. The van der Waals surface area contributed by atoms with E-state index in [1.165, 1.54) is 42.4 Å². The van der Waals surface area contributed by atoms with E-state index in [0.717, 1.165) is 17.8 Å². The summed E-state index contributed by atoms with van der Waals surface area (Å²) in [7, 11) is 0. The summed E-state index contributed by atoms with van der Waals surface area (Å²) >= 11 is 0. The van der Waals surface area contributed by atoms with E-state index in [-0.39, 0.29) is 0 Å². The molecule has 2 aliphatic carbocycles. The van der Waals surface area contributed by atoms with Crippen molar-refractivity contribution in [3.05, 3.63) is 41.5 Å². The van der Waals surface area contributed by atoms with Gasteiger partial charge in [0.1, 0.15) is 0 Å². The highest BCUT2D eigenvalue weighted by Crippen LogP contribution is 2.60. The van der Waals surface area contributed by atoms with Crippen molar-refractivity contribution in [1.29, 1.82) is 0 Å². The number of hydrogen-bond acceptors (Lipinski definition) is 0. The first kappa shape index (κ1) is 13.9.